The molecule has 24 heavy (non-hydrogen) atoms. The van der Waals surface area contributed by atoms with Gasteiger partial charge in [0.25, 0.3) is 0 Å². The summed E-state index contributed by atoms with van der Waals surface area (Å²) in [5, 5.41) is 2.63. The second-order valence-electron chi connectivity index (χ2n) is 5.90. The number of sulfonamides is 1. The summed E-state index contributed by atoms with van der Waals surface area (Å²) in [5.74, 6) is -0.127. The molecule has 1 saturated heterocycles. The summed E-state index contributed by atoms with van der Waals surface area (Å²) in [6, 6.07) is 5.23. The standard InChI is InChI=1S/C15H19N3O5S/c1-10(19)16-8-13-9-18(15(20)23-13)12-3-4-14-11(7-12)5-6-24(21,22)17(14)2/h3-4,7,13H,5-6,8-9H2,1-2H3,(H,16,19)/t13-/m0/s1. The zero-order chi connectivity index (χ0) is 17.5. The van der Waals surface area contributed by atoms with Crippen molar-refractivity contribution in [3.63, 3.8) is 0 Å². The lowest BCUT2D eigenvalue weighted by Gasteiger charge is -2.28. The Balaban J connectivity index is 1.79. The van der Waals surface area contributed by atoms with Gasteiger partial charge in [-0.1, -0.05) is 0 Å². The molecule has 1 atom stereocenters. The van der Waals surface area contributed by atoms with Gasteiger partial charge in [-0.25, -0.2) is 13.2 Å². The van der Waals surface area contributed by atoms with Crippen LogP contribution >= 0.6 is 0 Å². The number of cyclic esters (lactones) is 1. The third kappa shape index (κ3) is 3.03. The summed E-state index contributed by atoms with van der Waals surface area (Å²) < 4.78 is 30.3. The maximum Gasteiger partial charge on any atom is 0.414 e. The van der Waals surface area contributed by atoms with Crippen molar-refractivity contribution in [2.75, 3.05) is 35.1 Å². The fourth-order valence-electron chi connectivity index (χ4n) is 2.87. The number of hydrogen-bond donors (Lipinski definition) is 1. The Kier molecular flexibility index (Phi) is 4.12. The van der Waals surface area contributed by atoms with E-state index in [1.807, 2.05) is 6.07 Å². The predicted octanol–water partition coefficient (Wildman–Crippen LogP) is 0.470. The lowest BCUT2D eigenvalue weighted by Crippen LogP contribution is -2.35. The molecule has 0 aromatic heterocycles. The molecule has 0 bridgehead atoms. The van der Waals surface area contributed by atoms with Crippen LogP contribution < -0.4 is 14.5 Å². The number of anilines is 2. The number of fused-ring (bicyclic) bond motifs is 1. The SMILES string of the molecule is CC(=O)NC[C@H]1CN(c2ccc3c(c2)CCS(=O)(=O)N3C)C(=O)O1. The number of ether oxygens (including phenoxy) is 1. The number of nitrogens with zero attached hydrogens (tertiary/aromatic N) is 2. The van der Waals surface area contributed by atoms with E-state index in [-0.39, 0.29) is 18.2 Å². The molecule has 0 aliphatic carbocycles. The smallest absolute Gasteiger partial charge is 0.414 e. The highest BCUT2D eigenvalue weighted by Crippen LogP contribution is 2.32. The van der Waals surface area contributed by atoms with Crippen LogP contribution in [0.25, 0.3) is 0 Å². The molecule has 2 aliphatic rings. The molecule has 2 amide bonds. The van der Waals surface area contributed by atoms with Crippen LogP contribution in [0.15, 0.2) is 18.2 Å². The van der Waals surface area contributed by atoms with Crippen molar-refractivity contribution in [3.05, 3.63) is 23.8 Å². The molecule has 2 aliphatic heterocycles. The van der Waals surface area contributed by atoms with E-state index in [4.69, 9.17) is 4.74 Å². The Labute approximate surface area is 140 Å². The van der Waals surface area contributed by atoms with Crippen molar-refractivity contribution in [1.29, 1.82) is 0 Å². The number of aryl methyl sites for hydroxylation is 1. The molecule has 1 aromatic carbocycles. The van der Waals surface area contributed by atoms with Gasteiger partial charge in [-0.05, 0) is 30.2 Å². The first-order valence-electron chi connectivity index (χ1n) is 7.60. The molecule has 1 N–H and O–H groups in total. The second kappa shape index (κ2) is 5.97. The minimum absolute atomic E-state index is 0.0511. The Morgan fingerprint density at radius 3 is 2.88 bits per heavy atom. The summed E-state index contributed by atoms with van der Waals surface area (Å²) in [4.78, 5) is 24.5. The van der Waals surface area contributed by atoms with E-state index in [2.05, 4.69) is 5.32 Å². The zero-order valence-electron chi connectivity index (χ0n) is 13.5. The number of amides is 2. The van der Waals surface area contributed by atoms with E-state index < -0.39 is 22.2 Å². The van der Waals surface area contributed by atoms with E-state index in [0.29, 0.717) is 24.3 Å². The van der Waals surface area contributed by atoms with Gasteiger partial charge in [-0.2, -0.15) is 0 Å². The Hall–Kier alpha value is -2.29. The van der Waals surface area contributed by atoms with E-state index in [1.165, 1.54) is 23.2 Å². The minimum atomic E-state index is -3.25. The lowest BCUT2D eigenvalue weighted by molar-refractivity contribution is -0.119. The number of nitrogens with one attached hydrogen (secondary N) is 1. The Morgan fingerprint density at radius 1 is 1.42 bits per heavy atom. The fraction of sp³-hybridized carbons (Fsp3) is 0.467. The van der Waals surface area contributed by atoms with Gasteiger partial charge in [0.2, 0.25) is 15.9 Å². The quantitative estimate of drug-likeness (QED) is 0.852. The van der Waals surface area contributed by atoms with E-state index in [1.54, 1.807) is 12.1 Å². The highest BCUT2D eigenvalue weighted by molar-refractivity contribution is 7.92. The molecule has 3 rings (SSSR count). The summed E-state index contributed by atoms with van der Waals surface area (Å²) in [5.41, 5.74) is 2.17. The van der Waals surface area contributed by atoms with Gasteiger partial charge in [-0.15, -0.1) is 0 Å². The van der Waals surface area contributed by atoms with Gasteiger partial charge in [0.05, 0.1) is 24.5 Å². The number of benzene rings is 1. The number of carbonyl (C=O) groups excluding carboxylic acids is 2. The first kappa shape index (κ1) is 16.6. The number of rotatable bonds is 3. The van der Waals surface area contributed by atoms with Gasteiger partial charge >= 0.3 is 6.09 Å². The molecule has 130 valence electrons. The first-order valence-corrected chi connectivity index (χ1v) is 9.21. The fourth-order valence-corrected chi connectivity index (χ4v) is 4.10. The van der Waals surface area contributed by atoms with E-state index in [9.17, 15) is 18.0 Å². The highest BCUT2D eigenvalue weighted by Gasteiger charge is 2.33. The van der Waals surface area contributed by atoms with Crippen molar-refractivity contribution < 1.29 is 22.7 Å². The van der Waals surface area contributed by atoms with Crippen LogP contribution in [-0.4, -0.2) is 52.4 Å². The maximum atomic E-state index is 12.1. The van der Waals surface area contributed by atoms with Crippen molar-refractivity contribution in [3.8, 4) is 0 Å². The Morgan fingerprint density at radius 2 is 2.17 bits per heavy atom. The van der Waals surface area contributed by atoms with Crippen molar-refractivity contribution >= 4 is 33.4 Å². The Bertz CT molecular complexity index is 792. The first-order chi connectivity index (χ1) is 11.3. The van der Waals surface area contributed by atoms with Crippen LogP contribution in [0, 0.1) is 0 Å². The maximum absolute atomic E-state index is 12.1. The molecule has 1 aromatic rings. The average molecular weight is 353 g/mol. The third-order valence-electron chi connectivity index (χ3n) is 4.21. The molecular weight excluding hydrogens is 334 g/mol. The van der Waals surface area contributed by atoms with Crippen LogP contribution in [0.1, 0.15) is 12.5 Å². The van der Waals surface area contributed by atoms with Crippen LogP contribution in [0.5, 0.6) is 0 Å². The van der Waals surface area contributed by atoms with Gasteiger partial charge in [-0.3, -0.25) is 14.0 Å². The van der Waals surface area contributed by atoms with Crippen molar-refractivity contribution in [2.24, 2.45) is 0 Å². The molecule has 0 saturated carbocycles. The summed E-state index contributed by atoms with van der Waals surface area (Å²) in [6.07, 6.45) is -0.462. The van der Waals surface area contributed by atoms with Crippen LogP contribution in [0.4, 0.5) is 16.2 Å². The predicted molar refractivity (Wildman–Crippen MR) is 88.6 cm³/mol. The second-order valence-corrected chi connectivity index (χ2v) is 8.02. The van der Waals surface area contributed by atoms with Crippen molar-refractivity contribution in [1.82, 2.24) is 5.32 Å². The van der Waals surface area contributed by atoms with Gasteiger partial charge in [0.1, 0.15) is 6.10 Å². The van der Waals surface area contributed by atoms with Crippen LogP contribution in [0.2, 0.25) is 0 Å². The molecule has 8 nitrogen and oxygen atoms in total. The number of carbonyl (C=O) groups is 2. The topological polar surface area (TPSA) is 96.0 Å². The van der Waals surface area contributed by atoms with Gasteiger partial charge in [0.15, 0.2) is 0 Å². The van der Waals surface area contributed by atoms with Crippen molar-refractivity contribution in [2.45, 2.75) is 19.4 Å². The van der Waals surface area contributed by atoms with E-state index >= 15 is 0 Å². The molecule has 9 heteroatoms. The monoisotopic (exact) mass is 353 g/mol. The molecule has 0 radical (unpaired) electrons. The average Bonchev–Trinajstić information content (AvgIpc) is 2.90. The largest absolute Gasteiger partial charge is 0.442 e. The molecular formula is C15H19N3O5S. The molecule has 0 spiro atoms. The highest BCUT2D eigenvalue weighted by atomic mass is 32.2. The number of hydrogen-bond acceptors (Lipinski definition) is 5. The minimum Gasteiger partial charge on any atom is -0.442 e. The van der Waals surface area contributed by atoms with Gasteiger partial charge < -0.3 is 10.1 Å². The molecule has 1 fully saturated rings. The summed E-state index contributed by atoms with van der Waals surface area (Å²) >= 11 is 0. The molecule has 0 unspecified atom stereocenters. The summed E-state index contributed by atoms with van der Waals surface area (Å²) in [7, 11) is -1.73. The van der Waals surface area contributed by atoms with Gasteiger partial charge in [0, 0.05) is 19.7 Å². The zero-order valence-corrected chi connectivity index (χ0v) is 14.3. The lowest BCUT2D eigenvalue weighted by atomic mass is 10.1. The third-order valence-corrected chi connectivity index (χ3v) is 5.96. The van der Waals surface area contributed by atoms with Crippen LogP contribution in [-0.2, 0) is 26.0 Å². The summed E-state index contributed by atoms with van der Waals surface area (Å²) in [6.45, 7) is 2.01. The van der Waals surface area contributed by atoms with E-state index in [0.717, 1.165) is 5.56 Å². The molecule has 2 heterocycles. The van der Waals surface area contributed by atoms with Crippen LogP contribution in [0.3, 0.4) is 0 Å². The normalized spacial score (nSPS) is 22.1.